The lowest BCUT2D eigenvalue weighted by molar-refractivity contribution is 0.164. The second kappa shape index (κ2) is 4.83. The van der Waals surface area contributed by atoms with E-state index in [-0.39, 0.29) is 17.1 Å². The predicted octanol–water partition coefficient (Wildman–Crippen LogP) is 0.656. The summed E-state index contributed by atoms with van der Waals surface area (Å²) >= 11 is 0. The molecule has 1 aromatic carbocycles. The molecule has 0 aromatic heterocycles. The average molecular weight is 274 g/mol. The molecule has 2 rings (SSSR count). The topological polar surface area (TPSA) is 92.4 Å². The van der Waals surface area contributed by atoms with Crippen molar-refractivity contribution >= 4 is 15.7 Å². The SMILES string of the molecule is NS(=O)(=O)c1ccc(NCC(O)C2CC2)c(F)c1. The number of primary sulfonamides is 1. The zero-order valence-corrected chi connectivity index (χ0v) is 10.5. The molecule has 5 nitrogen and oxygen atoms in total. The molecule has 1 aliphatic carbocycles. The van der Waals surface area contributed by atoms with Gasteiger partial charge in [-0.3, -0.25) is 0 Å². The van der Waals surface area contributed by atoms with E-state index in [9.17, 15) is 17.9 Å². The zero-order valence-electron chi connectivity index (χ0n) is 9.64. The first-order valence-corrected chi connectivity index (χ1v) is 7.17. The third kappa shape index (κ3) is 3.18. The first-order valence-electron chi connectivity index (χ1n) is 5.62. The quantitative estimate of drug-likeness (QED) is 0.735. The van der Waals surface area contributed by atoms with Gasteiger partial charge in [0.2, 0.25) is 10.0 Å². The Morgan fingerprint density at radius 1 is 1.50 bits per heavy atom. The maximum absolute atomic E-state index is 13.6. The molecule has 0 aliphatic heterocycles. The number of anilines is 1. The number of nitrogens with one attached hydrogen (secondary N) is 1. The van der Waals surface area contributed by atoms with Crippen LogP contribution in [0.3, 0.4) is 0 Å². The van der Waals surface area contributed by atoms with Gasteiger partial charge in [-0.25, -0.2) is 17.9 Å². The number of benzene rings is 1. The molecule has 1 aliphatic rings. The Hall–Kier alpha value is -1.18. The lowest BCUT2D eigenvalue weighted by Gasteiger charge is -2.12. The van der Waals surface area contributed by atoms with Crippen LogP contribution in [-0.2, 0) is 10.0 Å². The Labute approximate surface area is 105 Å². The van der Waals surface area contributed by atoms with E-state index in [0.29, 0.717) is 5.92 Å². The molecule has 0 bridgehead atoms. The molecule has 100 valence electrons. The van der Waals surface area contributed by atoms with Crippen molar-refractivity contribution in [1.82, 2.24) is 0 Å². The number of nitrogens with two attached hydrogens (primary N) is 1. The molecule has 18 heavy (non-hydrogen) atoms. The summed E-state index contributed by atoms with van der Waals surface area (Å²) in [7, 11) is -3.89. The van der Waals surface area contributed by atoms with Gasteiger partial charge in [-0.2, -0.15) is 0 Å². The minimum absolute atomic E-state index is 0.155. The van der Waals surface area contributed by atoms with Gasteiger partial charge in [-0.15, -0.1) is 0 Å². The van der Waals surface area contributed by atoms with Crippen molar-refractivity contribution in [3.63, 3.8) is 0 Å². The minimum Gasteiger partial charge on any atom is -0.391 e. The summed E-state index contributed by atoms with van der Waals surface area (Å²) in [4.78, 5) is -0.270. The van der Waals surface area contributed by atoms with Gasteiger partial charge in [0.1, 0.15) is 5.82 Å². The maximum atomic E-state index is 13.6. The molecule has 1 atom stereocenters. The Kier molecular flexibility index (Phi) is 3.56. The summed E-state index contributed by atoms with van der Waals surface area (Å²) in [5.74, 6) is -0.409. The second-order valence-electron chi connectivity index (χ2n) is 4.47. The molecule has 0 heterocycles. The van der Waals surface area contributed by atoms with Crippen LogP contribution in [0.2, 0.25) is 0 Å². The van der Waals surface area contributed by atoms with Crippen LogP contribution in [0.5, 0.6) is 0 Å². The van der Waals surface area contributed by atoms with Crippen molar-refractivity contribution in [2.24, 2.45) is 11.1 Å². The first-order chi connectivity index (χ1) is 8.38. The van der Waals surface area contributed by atoms with Crippen molar-refractivity contribution in [3.05, 3.63) is 24.0 Å². The highest BCUT2D eigenvalue weighted by Gasteiger charge is 2.29. The third-order valence-corrected chi connectivity index (χ3v) is 3.85. The molecular weight excluding hydrogens is 259 g/mol. The van der Waals surface area contributed by atoms with Crippen LogP contribution in [-0.4, -0.2) is 26.2 Å². The summed E-state index contributed by atoms with van der Waals surface area (Å²) < 4.78 is 35.6. The summed E-state index contributed by atoms with van der Waals surface area (Å²) in [5, 5.41) is 17.3. The molecule has 0 amide bonds. The number of sulfonamides is 1. The highest BCUT2D eigenvalue weighted by Crippen LogP contribution is 2.32. The Balaban J connectivity index is 2.05. The van der Waals surface area contributed by atoms with E-state index in [2.05, 4.69) is 5.32 Å². The van der Waals surface area contributed by atoms with Gasteiger partial charge in [-0.05, 0) is 37.0 Å². The number of hydrogen-bond acceptors (Lipinski definition) is 4. The Morgan fingerprint density at radius 3 is 2.67 bits per heavy atom. The normalized spacial score (nSPS) is 17.5. The van der Waals surface area contributed by atoms with Crippen molar-refractivity contribution < 1.29 is 17.9 Å². The van der Waals surface area contributed by atoms with Crippen LogP contribution >= 0.6 is 0 Å². The van der Waals surface area contributed by atoms with Crippen LogP contribution in [0, 0.1) is 11.7 Å². The van der Waals surface area contributed by atoms with Crippen LogP contribution < -0.4 is 10.5 Å². The highest BCUT2D eigenvalue weighted by atomic mass is 32.2. The molecule has 1 saturated carbocycles. The van der Waals surface area contributed by atoms with E-state index in [1.54, 1.807) is 0 Å². The van der Waals surface area contributed by atoms with Gasteiger partial charge < -0.3 is 10.4 Å². The monoisotopic (exact) mass is 274 g/mol. The maximum Gasteiger partial charge on any atom is 0.238 e. The second-order valence-corrected chi connectivity index (χ2v) is 6.03. The number of aliphatic hydroxyl groups is 1. The molecule has 0 spiro atoms. The van der Waals surface area contributed by atoms with Gasteiger partial charge in [-0.1, -0.05) is 0 Å². The lowest BCUT2D eigenvalue weighted by Crippen LogP contribution is -2.22. The van der Waals surface area contributed by atoms with E-state index < -0.39 is 21.9 Å². The fourth-order valence-corrected chi connectivity index (χ4v) is 2.20. The molecule has 7 heteroatoms. The van der Waals surface area contributed by atoms with E-state index in [0.717, 1.165) is 18.9 Å². The molecule has 1 fully saturated rings. The molecular formula is C11H15FN2O3S. The van der Waals surface area contributed by atoms with Crippen LogP contribution in [0.1, 0.15) is 12.8 Å². The third-order valence-electron chi connectivity index (χ3n) is 2.94. The number of halogens is 1. The number of hydrogen-bond donors (Lipinski definition) is 3. The van der Waals surface area contributed by atoms with Crippen molar-refractivity contribution in [3.8, 4) is 0 Å². The van der Waals surface area contributed by atoms with Crippen molar-refractivity contribution in [2.45, 2.75) is 23.8 Å². The largest absolute Gasteiger partial charge is 0.391 e. The van der Waals surface area contributed by atoms with Crippen LogP contribution in [0.4, 0.5) is 10.1 Å². The van der Waals surface area contributed by atoms with Gasteiger partial charge in [0.05, 0.1) is 16.7 Å². The van der Waals surface area contributed by atoms with Crippen LogP contribution in [0.15, 0.2) is 23.1 Å². The summed E-state index contributed by atoms with van der Waals surface area (Å²) in [5.41, 5.74) is 0.155. The fraction of sp³-hybridized carbons (Fsp3) is 0.455. The zero-order chi connectivity index (χ0) is 13.3. The fourth-order valence-electron chi connectivity index (χ4n) is 1.68. The molecule has 1 aromatic rings. The van der Waals surface area contributed by atoms with Crippen molar-refractivity contribution in [2.75, 3.05) is 11.9 Å². The van der Waals surface area contributed by atoms with Gasteiger partial charge >= 0.3 is 0 Å². The van der Waals surface area contributed by atoms with Gasteiger partial charge in [0.15, 0.2) is 0 Å². The van der Waals surface area contributed by atoms with Gasteiger partial charge in [0, 0.05) is 6.54 Å². The van der Waals surface area contributed by atoms with E-state index in [4.69, 9.17) is 5.14 Å². The predicted molar refractivity (Wildman–Crippen MR) is 65.0 cm³/mol. The standard InChI is InChI=1S/C11H15FN2O3S/c12-9-5-8(18(13,16)17)3-4-10(9)14-6-11(15)7-1-2-7/h3-5,7,11,14-15H,1-2,6H2,(H2,13,16,17). The highest BCUT2D eigenvalue weighted by molar-refractivity contribution is 7.89. The smallest absolute Gasteiger partial charge is 0.238 e. The number of rotatable bonds is 5. The molecule has 0 saturated heterocycles. The number of aliphatic hydroxyl groups excluding tert-OH is 1. The lowest BCUT2D eigenvalue weighted by atomic mass is 10.2. The molecule has 4 N–H and O–H groups in total. The average Bonchev–Trinajstić information content (AvgIpc) is 3.09. The first kappa shape index (κ1) is 13.3. The van der Waals surface area contributed by atoms with E-state index in [1.165, 1.54) is 12.1 Å². The van der Waals surface area contributed by atoms with Crippen LogP contribution in [0.25, 0.3) is 0 Å². The minimum atomic E-state index is -3.89. The summed E-state index contributed by atoms with van der Waals surface area (Å²) in [6, 6.07) is 3.39. The van der Waals surface area contributed by atoms with Crippen molar-refractivity contribution in [1.29, 1.82) is 0 Å². The summed E-state index contributed by atoms with van der Waals surface area (Å²) in [6.07, 6.45) is 1.49. The molecule has 0 radical (unpaired) electrons. The Morgan fingerprint density at radius 2 is 2.17 bits per heavy atom. The van der Waals surface area contributed by atoms with E-state index >= 15 is 0 Å². The summed E-state index contributed by atoms with van der Waals surface area (Å²) in [6.45, 7) is 0.246. The van der Waals surface area contributed by atoms with E-state index in [1.807, 2.05) is 0 Å². The van der Waals surface area contributed by atoms with Gasteiger partial charge in [0.25, 0.3) is 0 Å². The Bertz CT molecular complexity index is 543. The molecule has 1 unspecified atom stereocenters.